The molecule has 0 aromatic heterocycles. The minimum Gasteiger partial charge on any atom is -0.337 e. The molecular formula is C9H23ClNSi2. The molecule has 0 aromatic carbocycles. The molecule has 0 unspecified atom stereocenters. The van der Waals surface area contributed by atoms with E-state index < -0.39 is 8.24 Å². The van der Waals surface area contributed by atoms with E-state index in [1.54, 1.807) is 0 Å². The highest BCUT2D eigenvalue weighted by molar-refractivity contribution is 6.76. The van der Waals surface area contributed by atoms with Crippen molar-refractivity contribution in [3.05, 3.63) is 0 Å². The molecule has 0 bridgehead atoms. The molecule has 79 valence electrons. The molecule has 1 radical (unpaired) electrons. The van der Waals surface area contributed by atoms with Crippen LogP contribution in [-0.2, 0) is 0 Å². The second kappa shape index (κ2) is 7.04. The molecule has 0 amide bonds. The molecule has 0 fully saturated rings. The van der Waals surface area contributed by atoms with E-state index in [0.29, 0.717) is 0 Å². The number of hydrogen-bond acceptors (Lipinski definition) is 1. The van der Waals surface area contributed by atoms with Crippen LogP contribution in [0, 0.1) is 0 Å². The van der Waals surface area contributed by atoms with Crippen LogP contribution < -0.4 is 4.98 Å². The molecule has 1 N–H and O–H groups in total. The fraction of sp³-hybridized carbons (Fsp3) is 1.00. The van der Waals surface area contributed by atoms with Crippen LogP contribution in [0.15, 0.2) is 0 Å². The molecule has 13 heavy (non-hydrogen) atoms. The van der Waals surface area contributed by atoms with E-state index >= 15 is 0 Å². The summed E-state index contributed by atoms with van der Waals surface area (Å²) in [7, 11) is -1.12. The summed E-state index contributed by atoms with van der Waals surface area (Å²) in [4.78, 5) is 3.69. The van der Waals surface area contributed by atoms with Crippen LogP contribution in [0.3, 0.4) is 0 Å². The molecule has 0 aliphatic carbocycles. The standard InChI is InChI=1S/C9H23ClNSi2/c1-12(2)8-9-13(3,4)11-7-5-6-10/h11H,5-9H2,1-4H3. The van der Waals surface area contributed by atoms with Gasteiger partial charge in [0.15, 0.2) is 0 Å². The summed E-state index contributed by atoms with van der Waals surface area (Å²) in [6.07, 6.45) is 1.11. The van der Waals surface area contributed by atoms with Crippen molar-refractivity contribution < 1.29 is 0 Å². The molecule has 0 rings (SSSR count). The normalized spacial score (nSPS) is 12.5. The van der Waals surface area contributed by atoms with Crippen LogP contribution >= 0.6 is 11.6 Å². The minimum atomic E-state index is -1.09. The SMILES string of the molecule is C[Si](C)CC[Si](C)(C)NCCCCl. The van der Waals surface area contributed by atoms with E-state index in [9.17, 15) is 0 Å². The first-order chi connectivity index (χ1) is 5.98. The molecule has 0 atom stereocenters. The predicted molar refractivity (Wildman–Crippen MR) is 67.9 cm³/mol. The van der Waals surface area contributed by atoms with Crippen LogP contribution in [0.2, 0.25) is 38.3 Å². The lowest BCUT2D eigenvalue weighted by Gasteiger charge is -2.24. The second-order valence-corrected chi connectivity index (χ2v) is 12.5. The van der Waals surface area contributed by atoms with Crippen molar-refractivity contribution in [2.45, 2.75) is 44.7 Å². The van der Waals surface area contributed by atoms with Crippen molar-refractivity contribution in [1.29, 1.82) is 0 Å². The van der Waals surface area contributed by atoms with Gasteiger partial charge in [0, 0.05) is 14.7 Å². The van der Waals surface area contributed by atoms with E-state index in [4.69, 9.17) is 11.6 Å². The third-order valence-corrected chi connectivity index (χ3v) is 6.89. The Hall–Kier alpha value is 0.684. The Kier molecular flexibility index (Phi) is 7.41. The third-order valence-electron chi connectivity index (χ3n) is 2.16. The highest BCUT2D eigenvalue weighted by Gasteiger charge is 2.19. The molecule has 0 aliphatic rings. The van der Waals surface area contributed by atoms with Crippen LogP contribution in [0.1, 0.15) is 6.42 Å². The van der Waals surface area contributed by atoms with Gasteiger partial charge in [0.1, 0.15) is 8.24 Å². The van der Waals surface area contributed by atoms with Gasteiger partial charge in [-0.25, -0.2) is 0 Å². The first-order valence-electron chi connectivity index (χ1n) is 5.08. The fourth-order valence-corrected chi connectivity index (χ4v) is 6.81. The van der Waals surface area contributed by atoms with E-state index in [1.807, 2.05) is 0 Å². The molecule has 0 aromatic rings. The van der Waals surface area contributed by atoms with Gasteiger partial charge in [-0.2, -0.15) is 0 Å². The summed E-state index contributed by atoms with van der Waals surface area (Å²) in [6.45, 7) is 10.7. The second-order valence-electron chi connectivity index (χ2n) is 4.56. The molecule has 0 aliphatic heterocycles. The zero-order valence-corrected chi connectivity index (χ0v) is 12.2. The first kappa shape index (κ1) is 13.7. The summed E-state index contributed by atoms with van der Waals surface area (Å²) in [6, 6.07) is 2.88. The minimum absolute atomic E-state index is 0.0288. The Morgan fingerprint density at radius 1 is 1.31 bits per heavy atom. The lowest BCUT2D eigenvalue weighted by molar-refractivity contribution is 0.837. The van der Waals surface area contributed by atoms with Crippen molar-refractivity contribution in [2.24, 2.45) is 0 Å². The molecule has 0 saturated carbocycles. The topological polar surface area (TPSA) is 12.0 Å². The van der Waals surface area contributed by atoms with E-state index in [1.165, 1.54) is 12.1 Å². The Bertz CT molecular complexity index is 129. The van der Waals surface area contributed by atoms with Crippen molar-refractivity contribution in [2.75, 3.05) is 12.4 Å². The van der Waals surface area contributed by atoms with Gasteiger partial charge in [0.2, 0.25) is 0 Å². The molecule has 0 heterocycles. The number of hydrogen-bond donors (Lipinski definition) is 1. The highest BCUT2D eigenvalue weighted by atomic mass is 35.5. The van der Waals surface area contributed by atoms with Crippen LogP contribution in [-0.4, -0.2) is 29.5 Å². The van der Waals surface area contributed by atoms with E-state index in [2.05, 4.69) is 31.2 Å². The third kappa shape index (κ3) is 9.00. The van der Waals surface area contributed by atoms with Crippen LogP contribution in [0.25, 0.3) is 0 Å². The summed E-state index contributed by atoms with van der Waals surface area (Å²) in [5.74, 6) is 0.786. The van der Waals surface area contributed by atoms with Gasteiger partial charge >= 0.3 is 0 Å². The maximum atomic E-state index is 5.64. The molecule has 1 nitrogen and oxygen atoms in total. The molecular weight excluding hydrogens is 214 g/mol. The number of rotatable bonds is 7. The lowest BCUT2D eigenvalue weighted by Crippen LogP contribution is -2.45. The first-order valence-corrected chi connectivity index (χ1v) is 11.5. The zero-order valence-electron chi connectivity index (χ0n) is 9.41. The lowest BCUT2D eigenvalue weighted by atomic mass is 10.5. The van der Waals surface area contributed by atoms with Crippen LogP contribution in [0.5, 0.6) is 0 Å². The van der Waals surface area contributed by atoms with Gasteiger partial charge < -0.3 is 4.98 Å². The Labute approximate surface area is 91.0 Å². The summed E-state index contributed by atoms with van der Waals surface area (Å²) < 4.78 is 0. The zero-order chi connectivity index (χ0) is 10.3. The maximum Gasteiger partial charge on any atom is 0.119 e. The Morgan fingerprint density at radius 2 is 1.92 bits per heavy atom. The van der Waals surface area contributed by atoms with E-state index in [-0.39, 0.29) is 8.80 Å². The maximum absolute atomic E-state index is 5.64. The number of nitrogens with one attached hydrogen (secondary N) is 1. The van der Waals surface area contributed by atoms with Gasteiger partial charge in [0.25, 0.3) is 0 Å². The predicted octanol–water partition coefficient (Wildman–Crippen LogP) is 3.16. The monoisotopic (exact) mass is 236 g/mol. The van der Waals surface area contributed by atoms with Gasteiger partial charge in [-0.15, -0.1) is 11.6 Å². The van der Waals surface area contributed by atoms with Gasteiger partial charge in [-0.1, -0.05) is 32.2 Å². The van der Waals surface area contributed by atoms with Crippen molar-refractivity contribution in [3.63, 3.8) is 0 Å². The van der Waals surface area contributed by atoms with Gasteiger partial charge in [-0.05, 0) is 19.0 Å². The van der Waals surface area contributed by atoms with Gasteiger partial charge in [-0.3, -0.25) is 0 Å². The number of alkyl halides is 1. The summed E-state index contributed by atoms with van der Waals surface area (Å²) in [5.41, 5.74) is 0. The fourth-order valence-electron chi connectivity index (χ4n) is 1.14. The van der Waals surface area contributed by atoms with Crippen molar-refractivity contribution >= 4 is 28.6 Å². The molecule has 4 heteroatoms. The quantitative estimate of drug-likeness (QED) is 0.407. The molecule has 0 spiro atoms. The average molecular weight is 237 g/mol. The van der Waals surface area contributed by atoms with Crippen molar-refractivity contribution in [1.82, 2.24) is 4.98 Å². The Morgan fingerprint density at radius 3 is 2.38 bits per heavy atom. The smallest absolute Gasteiger partial charge is 0.119 e. The Balaban J connectivity index is 3.54. The van der Waals surface area contributed by atoms with E-state index in [0.717, 1.165) is 18.8 Å². The molecule has 0 saturated heterocycles. The van der Waals surface area contributed by atoms with Gasteiger partial charge in [0.05, 0.1) is 0 Å². The summed E-state index contributed by atoms with van der Waals surface area (Å²) in [5, 5.41) is 0. The average Bonchev–Trinajstić information content (AvgIpc) is 2.02. The highest BCUT2D eigenvalue weighted by Crippen LogP contribution is 2.11. The van der Waals surface area contributed by atoms with Crippen molar-refractivity contribution in [3.8, 4) is 0 Å². The largest absolute Gasteiger partial charge is 0.337 e. The number of halogens is 1. The summed E-state index contributed by atoms with van der Waals surface area (Å²) >= 11 is 5.64. The van der Waals surface area contributed by atoms with Crippen LogP contribution in [0.4, 0.5) is 0 Å².